The zero-order valence-corrected chi connectivity index (χ0v) is 13.8. The average Bonchev–Trinajstić information content (AvgIpc) is 2.59. The highest BCUT2D eigenvalue weighted by molar-refractivity contribution is 5.96. The van der Waals surface area contributed by atoms with Crippen molar-refractivity contribution in [2.75, 3.05) is 13.7 Å². The highest BCUT2D eigenvalue weighted by atomic mass is 19.1. The van der Waals surface area contributed by atoms with Gasteiger partial charge in [-0.25, -0.2) is 8.78 Å². The molecule has 2 aromatic carbocycles. The van der Waals surface area contributed by atoms with Gasteiger partial charge >= 0.3 is 0 Å². The van der Waals surface area contributed by atoms with Gasteiger partial charge in [-0.1, -0.05) is 12.1 Å². The van der Waals surface area contributed by atoms with Crippen LogP contribution in [-0.4, -0.2) is 25.5 Å². The molecule has 0 saturated carbocycles. The van der Waals surface area contributed by atoms with Gasteiger partial charge < -0.3 is 15.4 Å². The minimum absolute atomic E-state index is 0.115. The predicted octanol–water partition coefficient (Wildman–Crippen LogP) is 2.58. The molecule has 0 aliphatic heterocycles. The predicted molar refractivity (Wildman–Crippen MR) is 88.2 cm³/mol. The van der Waals surface area contributed by atoms with Crippen molar-refractivity contribution in [1.29, 1.82) is 0 Å². The second-order valence-electron chi connectivity index (χ2n) is 5.38. The summed E-state index contributed by atoms with van der Waals surface area (Å²) in [7, 11) is 1.37. The van der Waals surface area contributed by atoms with E-state index >= 15 is 0 Å². The summed E-state index contributed by atoms with van der Waals surface area (Å²) in [6.45, 7) is 1.41. The molecule has 0 bridgehead atoms. The van der Waals surface area contributed by atoms with E-state index in [-0.39, 0.29) is 17.9 Å². The Morgan fingerprint density at radius 1 is 1.16 bits per heavy atom. The van der Waals surface area contributed by atoms with Gasteiger partial charge in [0.25, 0.3) is 5.91 Å². The van der Waals surface area contributed by atoms with Crippen LogP contribution in [0.4, 0.5) is 8.78 Å². The van der Waals surface area contributed by atoms with Crippen molar-refractivity contribution < 1.29 is 23.1 Å². The Kier molecular flexibility index (Phi) is 6.05. The van der Waals surface area contributed by atoms with E-state index in [0.717, 1.165) is 6.07 Å². The number of halogens is 2. The third-order valence-corrected chi connectivity index (χ3v) is 3.55. The minimum atomic E-state index is -0.558. The molecule has 0 aromatic heterocycles. The molecule has 0 spiro atoms. The molecule has 25 heavy (non-hydrogen) atoms. The van der Waals surface area contributed by atoms with Crippen molar-refractivity contribution in [3.63, 3.8) is 0 Å². The number of ether oxygens (including phenoxy) is 1. The van der Waals surface area contributed by atoms with Crippen LogP contribution in [0, 0.1) is 11.6 Å². The van der Waals surface area contributed by atoms with Crippen LogP contribution in [0.2, 0.25) is 0 Å². The SMILES string of the molecule is COc1ccc(C(C)NC(=O)CNC(=O)c2cccc(F)c2)cc1F. The van der Waals surface area contributed by atoms with E-state index in [1.54, 1.807) is 13.0 Å². The quantitative estimate of drug-likeness (QED) is 0.843. The number of amides is 2. The summed E-state index contributed by atoms with van der Waals surface area (Å²) in [4.78, 5) is 23.8. The topological polar surface area (TPSA) is 67.4 Å². The molecule has 1 atom stereocenters. The van der Waals surface area contributed by atoms with Crippen LogP contribution in [0.5, 0.6) is 5.75 Å². The monoisotopic (exact) mass is 348 g/mol. The van der Waals surface area contributed by atoms with Gasteiger partial charge in [-0.15, -0.1) is 0 Å². The van der Waals surface area contributed by atoms with E-state index in [4.69, 9.17) is 4.74 Å². The van der Waals surface area contributed by atoms with Crippen LogP contribution in [-0.2, 0) is 4.79 Å². The van der Waals surface area contributed by atoms with Crippen LogP contribution in [0.15, 0.2) is 42.5 Å². The van der Waals surface area contributed by atoms with Gasteiger partial charge in [0, 0.05) is 5.56 Å². The highest BCUT2D eigenvalue weighted by Gasteiger charge is 2.14. The highest BCUT2D eigenvalue weighted by Crippen LogP contribution is 2.21. The van der Waals surface area contributed by atoms with Gasteiger partial charge in [-0.05, 0) is 42.8 Å². The molecule has 7 heteroatoms. The number of methoxy groups -OCH3 is 1. The average molecular weight is 348 g/mol. The van der Waals surface area contributed by atoms with Crippen LogP contribution >= 0.6 is 0 Å². The lowest BCUT2D eigenvalue weighted by Gasteiger charge is -2.15. The molecule has 2 N–H and O–H groups in total. The first-order chi connectivity index (χ1) is 11.9. The first-order valence-electron chi connectivity index (χ1n) is 7.57. The Balaban J connectivity index is 1.89. The fourth-order valence-electron chi connectivity index (χ4n) is 2.22. The molecule has 2 rings (SSSR count). The summed E-state index contributed by atoms with van der Waals surface area (Å²) in [6.07, 6.45) is 0. The number of benzene rings is 2. The van der Waals surface area contributed by atoms with Gasteiger partial charge in [0.15, 0.2) is 11.6 Å². The van der Waals surface area contributed by atoms with E-state index in [9.17, 15) is 18.4 Å². The summed E-state index contributed by atoms with van der Waals surface area (Å²) in [6, 6.07) is 9.07. The number of hydrogen-bond acceptors (Lipinski definition) is 3. The van der Waals surface area contributed by atoms with Gasteiger partial charge in [-0.3, -0.25) is 9.59 Å². The Morgan fingerprint density at radius 3 is 2.56 bits per heavy atom. The van der Waals surface area contributed by atoms with Crippen molar-refractivity contribution in [3.05, 3.63) is 65.2 Å². The van der Waals surface area contributed by atoms with Crippen molar-refractivity contribution >= 4 is 11.8 Å². The van der Waals surface area contributed by atoms with Crippen LogP contribution in [0.1, 0.15) is 28.9 Å². The first-order valence-corrected chi connectivity index (χ1v) is 7.57. The molecule has 2 amide bonds. The molecule has 2 aromatic rings. The smallest absolute Gasteiger partial charge is 0.251 e. The zero-order valence-electron chi connectivity index (χ0n) is 13.8. The maximum absolute atomic E-state index is 13.7. The molecule has 0 radical (unpaired) electrons. The lowest BCUT2D eigenvalue weighted by molar-refractivity contribution is -0.120. The standard InChI is InChI=1S/C18H18F2N2O3/c1-11(12-6-7-16(25-2)15(20)9-12)22-17(23)10-21-18(24)13-4-3-5-14(19)8-13/h3-9,11H,10H2,1-2H3,(H,21,24)(H,22,23). The summed E-state index contributed by atoms with van der Waals surface area (Å²) in [5.74, 6) is -1.95. The number of carbonyl (C=O) groups is 2. The number of hydrogen-bond donors (Lipinski definition) is 2. The molecule has 0 fully saturated rings. The molecule has 0 heterocycles. The lowest BCUT2D eigenvalue weighted by atomic mass is 10.1. The fourth-order valence-corrected chi connectivity index (χ4v) is 2.22. The van der Waals surface area contributed by atoms with Crippen molar-refractivity contribution in [1.82, 2.24) is 10.6 Å². The molecule has 1 unspecified atom stereocenters. The molecular weight excluding hydrogens is 330 g/mol. The molecule has 0 aliphatic carbocycles. The molecule has 5 nitrogen and oxygen atoms in total. The van der Waals surface area contributed by atoms with Crippen LogP contribution in [0.25, 0.3) is 0 Å². The van der Waals surface area contributed by atoms with Gasteiger partial charge in [-0.2, -0.15) is 0 Å². The van der Waals surface area contributed by atoms with Crippen LogP contribution in [0.3, 0.4) is 0 Å². The second-order valence-corrected chi connectivity index (χ2v) is 5.38. The molecule has 0 aliphatic rings. The van der Waals surface area contributed by atoms with Crippen molar-refractivity contribution in [2.45, 2.75) is 13.0 Å². The Morgan fingerprint density at radius 2 is 1.92 bits per heavy atom. The van der Waals surface area contributed by atoms with Gasteiger partial charge in [0.1, 0.15) is 5.82 Å². The molecule has 0 saturated heterocycles. The first kappa shape index (κ1) is 18.4. The maximum Gasteiger partial charge on any atom is 0.251 e. The summed E-state index contributed by atoms with van der Waals surface area (Å²) in [5.41, 5.74) is 0.682. The Labute approximate surface area is 144 Å². The number of rotatable bonds is 6. The van der Waals surface area contributed by atoms with Crippen molar-refractivity contribution in [2.24, 2.45) is 0 Å². The third-order valence-electron chi connectivity index (χ3n) is 3.55. The molecule has 132 valence electrons. The summed E-state index contributed by atoms with van der Waals surface area (Å²) < 4.78 is 31.6. The zero-order chi connectivity index (χ0) is 18.4. The second kappa shape index (κ2) is 8.23. The van der Waals surface area contributed by atoms with Gasteiger partial charge in [0.2, 0.25) is 5.91 Å². The summed E-state index contributed by atoms with van der Waals surface area (Å²) in [5, 5.41) is 5.04. The van der Waals surface area contributed by atoms with E-state index in [1.807, 2.05) is 0 Å². The number of nitrogens with one attached hydrogen (secondary N) is 2. The normalized spacial score (nSPS) is 11.5. The largest absolute Gasteiger partial charge is 0.494 e. The third kappa shape index (κ3) is 5.00. The minimum Gasteiger partial charge on any atom is -0.494 e. The van der Waals surface area contributed by atoms with E-state index in [2.05, 4.69) is 10.6 Å². The van der Waals surface area contributed by atoms with E-state index in [1.165, 1.54) is 37.4 Å². The fraction of sp³-hybridized carbons (Fsp3) is 0.222. The Bertz CT molecular complexity index is 781. The van der Waals surface area contributed by atoms with Crippen LogP contribution < -0.4 is 15.4 Å². The van der Waals surface area contributed by atoms with Gasteiger partial charge in [0.05, 0.1) is 19.7 Å². The van der Waals surface area contributed by atoms with E-state index in [0.29, 0.717) is 5.56 Å². The molecular formula is C18H18F2N2O3. The maximum atomic E-state index is 13.7. The summed E-state index contributed by atoms with van der Waals surface area (Å²) >= 11 is 0. The lowest BCUT2D eigenvalue weighted by Crippen LogP contribution is -2.38. The van der Waals surface area contributed by atoms with E-state index < -0.39 is 29.5 Å². The number of carbonyl (C=O) groups excluding carboxylic acids is 2. The van der Waals surface area contributed by atoms with Crippen molar-refractivity contribution in [3.8, 4) is 5.75 Å². The Hall–Kier alpha value is -2.96.